The largest absolute Gasteiger partial charge is 1.00 e. The fraction of sp³-hybridized carbons (Fsp3) is 0.650. The van der Waals surface area contributed by atoms with Gasteiger partial charge in [0.1, 0.15) is 0 Å². The van der Waals surface area contributed by atoms with Gasteiger partial charge in [-0.25, -0.2) is 4.79 Å². The van der Waals surface area contributed by atoms with Crippen LogP contribution in [-0.2, 0) is 6.42 Å². The number of rotatable bonds is 13. The molecular weight excluding hydrogens is 311 g/mol. The second-order valence-corrected chi connectivity index (χ2v) is 6.41. The van der Waals surface area contributed by atoms with Crippen LogP contribution in [0.4, 0.5) is 0 Å². The molecule has 1 aromatic carbocycles. The first-order valence-electron chi connectivity index (χ1n) is 9.18. The molecule has 3 nitrogen and oxygen atoms in total. The first-order valence-corrected chi connectivity index (χ1v) is 9.18. The van der Waals surface area contributed by atoms with Crippen molar-refractivity contribution in [1.82, 2.24) is 0 Å². The van der Waals surface area contributed by atoms with Gasteiger partial charge in [-0.15, -0.1) is 5.75 Å². The summed E-state index contributed by atoms with van der Waals surface area (Å²) in [6.45, 7) is 2.24. The van der Waals surface area contributed by atoms with Crippen LogP contribution in [0.1, 0.15) is 93.5 Å². The number of hydrogen-bond acceptors (Lipinski definition) is 2. The molecule has 0 aromatic heterocycles. The van der Waals surface area contributed by atoms with Crippen molar-refractivity contribution in [3.8, 4) is 5.75 Å². The minimum absolute atomic E-state index is 0. The maximum Gasteiger partial charge on any atom is 1.00 e. The van der Waals surface area contributed by atoms with Gasteiger partial charge in [0.25, 0.3) is 0 Å². The van der Waals surface area contributed by atoms with Crippen molar-refractivity contribution >= 4 is 5.97 Å². The summed E-state index contributed by atoms with van der Waals surface area (Å²) < 4.78 is 0. The van der Waals surface area contributed by atoms with Crippen molar-refractivity contribution < 1.29 is 44.6 Å². The number of unbranched alkanes of at least 4 members (excludes halogenated alkanes) is 10. The van der Waals surface area contributed by atoms with Crippen molar-refractivity contribution in [2.75, 3.05) is 0 Å². The Morgan fingerprint density at radius 3 is 1.92 bits per heavy atom. The molecule has 1 N–H and O–H groups in total. The molecule has 0 radical (unpaired) electrons. The standard InChI is InChI=1S/C20H32O3.Na/c1-2-3-4-5-6-7-8-9-10-11-12-13-17-14-15-18(21)16-19(17)20(22)23;/h14-16,21H,2-13H2,1H3,(H,22,23);/q;+1/p-1. The van der Waals surface area contributed by atoms with Crippen LogP contribution in [-0.4, -0.2) is 11.1 Å². The van der Waals surface area contributed by atoms with E-state index in [9.17, 15) is 9.90 Å². The molecule has 0 saturated heterocycles. The number of hydrogen-bond donors (Lipinski definition) is 1. The maximum absolute atomic E-state index is 11.2. The summed E-state index contributed by atoms with van der Waals surface area (Å²) in [7, 11) is 0. The molecule has 0 amide bonds. The zero-order valence-corrected chi connectivity index (χ0v) is 17.5. The van der Waals surface area contributed by atoms with E-state index >= 15 is 0 Å². The molecule has 0 aliphatic heterocycles. The average Bonchev–Trinajstić information content (AvgIpc) is 2.53. The van der Waals surface area contributed by atoms with Crippen LogP contribution < -0.4 is 34.7 Å². The fourth-order valence-electron chi connectivity index (χ4n) is 2.95. The summed E-state index contributed by atoms with van der Waals surface area (Å²) in [5.41, 5.74) is 0.956. The van der Waals surface area contributed by atoms with Crippen molar-refractivity contribution in [1.29, 1.82) is 0 Å². The van der Waals surface area contributed by atoms with Crippen LogP contribution in [0.5, 0.6) is 5.75 Å². The van der Waals surface area contributed by atoms with E-state index in [2.05, 4.69) is 6.92 Å². The predicted octanol–water partition coefficient (Wildman–Crippen LogP) is 2.32. The first-order chi connectivity index (χ1) is 11.1. The maximum atomic E-state index is 11.2. The van der Waals surface area contributed by atoms with Gasteiger partial charge in [0.15, 0.2) is 0 Å². The van der Waals surface area contributed by atoms with E-state index in [1.807, 2.05) is 0 Å². The Labute approximate surface area is 169 Å². The molecule has 0 aliphatic carbocycles. The van der Waals surface area contributed by atoms with E-state index < -0.39 is 5.97 Å². The summed E-state index contributed by atoms with van der Waals surface area (Å²) in [6, 6.07) is 4.36. The summed E-state index contributed by atoms with van der Waals surface area (Å²) in [6.07, 6.45) is 14.8. The summed E-state index contributed by atoms with van der Waals surface area (Å²) in [5, 5.41) is 20.4. The number of benzene rings is 1. The van der Waals surface area contributed by atoms with E-state index in [0.717, 1.165) is 24.8 Å². The minimum Gasteiger partial charge on any atom is -0.872 e. The van der Waals surface area contributed by atoms with Gasteiger partial charge in [-0.3, -0.25) is 0 Å². The Morgan fingerprint density at radius 1 is 0.917 bits per heavy atom. The van der Waals surface area contributed by atoms with Crippen molar-refractivity contribution in [3.63, 3.8) is 0 Å². The van der Waals surface area contributed by atoms with Crippen LogP contribution in [0.2, 0.25) is 0 Å². The number of carboxylic acid groups (broad SMARTS) is 1. The summed E-state index contributed by atoms with van der Waals surface area (Å²) in [4.78, 5) is 11.1. The predicted molar refractivity (Wildman–Crippen MR) is 93.0 cm³/mol. The van der Waals surface area contributed by atoms with E-state index in [4.69, 9.17) is 5.11 Å². The van der Waals surface area contributed by atoms with Gasteiger partial charge in [-0.2, -0.15) is 0 Å². The van der Waals surface area contributed by atoms with Crippen molar-refractivity contribution in [2.24, 2.45) is 0 Å². The molecule has 1 rings (SSSR count). The molecule has 1 aromatic rings. The van der Waals surface area contributed by atoms with Gasteiger partial charge in [0, 0.05) is 0 Å². The third-order valence-electron chi connectivity index (χ3n) is 4.36. The number of carboxylic acids is 1. The van der Waals surface area contributed by atoms with Crippen LogP contribution in [0.3, 0.4) is 0 Å². The smallest absolute Gasteiger partial charge is 0.872 e. The van der Waals surface area contributed by atoms with Crippen LogP contribution in [0, 0.1) is 0 Å². The molecule has 0 fully saturated rings. The Hall–Kier alpha value is -0.510. The Morgan fingerprint density at radius 2 is 1.42 bits per heavy atom. The van der Waals surface area contributed by atoms with Gasteiger partial charge in [0.2, 0.25) is 0 Å². The molecule has 0 saturated carbocycles. The molecule has 0 aliphatic rings. The van der Waals surface area contributed by atoms with Crippen LogP contribution in [0.25, 0.3) is 0 Å². The zero-order valence-electron chi connectivity index (χ0n) is 15.5. The SMILES string of the molecule is CCCCCCCCCCCCCc1ccc([O-])cc1C(=O)O.[Na+]. The Bertz CT molecular complexity index is 460. The van der Waals surface area contributed by atoms with E-state index in [0.29, 0.717) is 0 Å². The average molecular weight is 342 g/mol. The van der Waals surface area contributed by atoms with Crippen LogP contribution >= 0.6 is 0 Å². The van der Waals surface area contributed by atoms with Gasteiger partial charge >= 0.3 is 35.5 Å². The number of carbonyl (C=O) groups is 1. The molecule has 4 heteroatoms. The van der Waals surface area contributed by atoms with E-state index in [1.54, 1.807) is 6.07 Å². The van der Waals surface area contributed by atoms with Crippen molar-refractivity contribution in [3.05, 3.63) is 29.3 Å². The third-order valence-corrected chi connectivity index (χ3v) is 4.36. The molecule has 0 heterocycles. The second kappa shape index (κ2) is 14.8. The summed E-state index contributed by atoms with van der Waals surface area (Å²) in [5.74, 6) is -1.23. The second-order valence-electron chi connectivity index (χ2n) is 6.41. The van der Waals surface area contributed by atoms with Crippen LogP contribution in [0.15, 0.2) is 18.2 Å². The van der Waals surface area contributed by atoms with Crippen molar-refractivity contribution in [2.45, 2.75) is 84.0 Å². The first kappa shape index (κ1) is 23.5. The molecule has 130 valence electrons. The summed E-state index contributed by atoms with van der Waals surface area (Å²) >= 11 is 0. The molecule has 0 spiro atoms. The molecular formula is C20H31NaO3. The van der Waals surface area contributed by atoms with Gasteiger partial charge in [0.05, 0.1) is 5.56 Å². The monoisotopic (exact) mass is 342 g/mol. The quantitative estimate of drug-likeness (QED) is 0.442. The molecule has 0 unspecified atom stereocenters. The molecule has 0 bridgehead atoms. The van der Waals surface area contributed by atoms with Gasteiger partial charge < -0.3 is 10.2 Å². The fourth-order valence-corrected chi connectivity index (χ4v) is 2.95. The van der Waals surface area contributed by atoms with Gasteiger partial charge in [-0.1, -0.05) is 89.3 Å². The minimum atomic E-state index is -0.999. The number of aromatic carboxylic acids is 1. The normalized spacial score (nSPS) is 10.4. The zero-order chi connectivity index (χ0) is 16.9. The van der Waals surface area contributed by atoms with E-state index in [1.165, 1.54) is 69.9 Å². The molecule has 24 heavy (non-hydrogen) atoms. The number of aryl methyl sites for hydroxylation is 1. The topological polar surface area (TPSA) is 60.4 Å². The van der Waals surface area contributed by atoms with E-state index in [-0.39, 0.29) is 40.9 Å². The molecule has 0 atom stereocenters. The Kier molecular flexibility index (Phi) is 14.5. The third kappa shape index (κ3) is 10.4. The Balaban J connectivity index is 0.00000529. The van der Waals surface area contributed by atoms with Gasteiger partial charge in [-0.05, 0) is 18.4 Å².